The summed E-state index contributed by atoms with van der Waals surface area (Å²) in [6, 6.07) is 4.14. The van der Waals surface area contributed by atoms with Crippen LogP contribution in [0.3, 0.4) is 0 Å². The van der Waals surface area contributed by atoms with Gasteiger partial charge in [-0.25, -0.2) is 0 Å². The van der Waals surface area contributed by atoms with Crippen molar-refractivity contribution in [3.8, 4) is 0 Å². The number of aromatic nitrogens is 1. The van der Waals surface area contributed by atoms with Crippen molar-refractivity contribution in [3.63, 3.8) is 0 Å². The number of hydrogen-bond acceptors (Lipinski definition) is 1. The van der Waals surface area contributed by atoms with Crippen molar-refractivity contribution >= 4 is 11.1 Å². The van der Waals surface area contributed by atoms with Crippen molar-refractivity contribution in [2.45, 2.75) is 34.6 Å². The smallest absolute Gasteiger partial charge is 0.0693 e. The van der Waals surface area contributed by atoms with Crippen LogP contribution in [0.2, 0.25) is 0 Å². The lowest BCUT2D eigenvalue weighted by Gasteiger charge is -2.04. The van der Waals surface area contributed by atoms with Crippen LogP contribution >= 0.6 is 0 Å². The summed E-state index contributed by atoms with van der Waals surface area (Å²) in [5.41, 5.74) is 2.69. The Bertz CT molecular complexity index is 423. The van der Waals surface area contributed by atoms with Crippen LogP contribution in [0.25, 0.3) is 11.1 Å². The van der Waals surface area contributed by atoms with Crippen molar-refractivity contribution in [2.24, 2.45) is 5.92 Å². The number of hydrogen-bond donors (Lipinski definition) is 0. The van der Waals surface area contributed by atoms with Crippen molar-refractivity contribution in [3.05, 3.63) is 28.9 Å². The van der Waals surface area contributed by atoms with E-state index in [1.165, 1.54) is 16.4 Å². The topological polar surface area (TPSA) is 12.9 Å². The molecule has 0 N–H and O–H groups in total. The molecule has 0 spiro atoms. The van der Waals surface area contributed by atoms with Crippen LogP contribution < -0.4 is 10.6 Å². The van der Waals surface area contributed by atoms with Crippen LogP contribution in [0.4, 0.5) is 0 Å². The summed E-state index contributed by atoms with van der Waals surface area (Å²) in [6.07, 6.45) is 1.87. The zero-order valence-electron chi connectivity index (χ0n) is 9.76. The van der Waals surface area contributed by atoms with Crippen LogP contribution in [-0.2, 0) is 0 Å². The van der Waals surface area contributed by atoms with E-state index in [0.29, 0.717) is 5.92 Å². The molecule has 0 amide bonds. The fourth-order valence-corrected chi connectivity index (χ4v) is 1.40. The molecule has 1 aromatic heterocycles. The monoisotopic (exact) mass is 189 g/mol. The van der Waals surface area contributed by atoms with Crippen LogP contribution in [-0.4, -0.2) is 4.98 Å². The fraction of sp³-hybridized carbons (Fsp3) is 0.462. The Labute approximate surface area is 86.2 Å². The molecule has 0 saturated carbocycles. The third-order valence-corrected chi connectivity index (χ3v) is 2.59. The third kappa shape index (κ3) is 2.22. The lowest BCUT2D eigenvalue weighted by Crippen LogP contribution is -2.31. The van der Waals surface area contributed by atoms with Gasteiger partial charge in [-0.05, 0) is 43.5 Å². The highest BCUT2D eigenvalue weighted by Crippen LogP contribution is 2.05. The van der Waals surface area contributed by atoms with Crippen LogP contribution in [0, 0.1) is 5.92 Å². The van der Waals surface area contributed by atoms with Crippen molar-refractivity contribution in [1.29, 1.82) is 0 Å². The van der Waals surface area contributed by atoms with E-state index in [9.17, 15) is 0 Å². The first-order chi connectivity index (χ1) is 6.54. The van der Waals surface area contributed by atoms with Gasteiger partial charge < -0.3 is 0 Å². The number of rotatable bonds is 1. The molecule has 1 aromatic rings. The van der Waals surface area contributed by atoms with Gasteiger partial charge >= 0.3 is 0 Å². The molecule has 1 nitrogen and oxygen atoms in total. The minimum atomic E-state index is 0.558. The van der Waals surface area contributed by atoms with E-state index in [2.05, 4.69) is 45.7 Å². The number of pyridine rings is 1. The summed E-state index contributed by atoms with van der Waals surface area (Å²) in [6.45, 7) is 10.8. The Hall–Kier alpha value is -1.11. The summed E-state index contributed by atoms with van der Waals surface area (Å²) < 4.78 is 0. The van der Waals surface area contributed by atoms with Crippen LogP contribution in [0.5, 0.6) is 0 Å². The first-order valence-corrected chi connectivity index (χ1v) is 5.13. The Morgan fingerprint density at radius 1 is 1.21 bits per heavy atom. The Balaban J connectivity index is 3.67. The van der Waals surface area contributed by atoms with Crippen LogP contribution in [0.15, 0.2) is 18.3 Å². The summed E-state index contributed by atoms with van der Waals surface area (Å²) in [4.78, 5) is 4.46. The molecule has 1 heterocycles. The second-order valence-electron chi connectivity index (χ2n) is 4.24. The molecule has 0 aromatic carbocycles. The van der Waals surface area contributed by atoms with Crippen LogP contribution in [0.1, 0.15) is 34.6 Å². The van der Waals surface area contributed by atoms with E-state index in [0.717, 1.165) is 5.35 Å². The average molecular weight is 189 g/mol. The molecular weight excluding hydrogens is 170 g/mol. The lowest BCUT2D eigenvalue weighted by molar-refractivity contribution is 0.834. The summed E-state index contributed by atoms with van der Waals surface area (Å²) in [7, 11) is 0. The predicted molar refractivity (Wildman–Crippen MR) is 62.2 cm³/mol. The van der Waals surface area contributed by atoms with E-state index < -0.39 is 0 Å². The Morgan fingerprint density at radius 2 is 1.86 bits per heavy atom. The second kappa shape index (κ2) is 4.41. The summed E-state index contributed by atoms with van der Waals surface area (Å²) in [5.74, 6) is 0.558. The molecule has 0 atom stereocenters. The fourth-order valence-electron chi connectivity index (χ4n) is 1.40. The maximum atomic E-state index is 4.46. The maximum absolute atomic E-state index is 4.46. The maximum Gasteiger partial charge on any atom is 0.0693 e. The molecule has 0 aliphatic rings. The van der Waals surface area contributed by atoms with Gasteiger partial charge in [0.2, 0.25) is 0 Å². The van der Waals surface area contributed by atoms with Crippen molar-refractivity contribution in [1.82, 2.24) is 4.98 Å². The van der Waals surface area contributed by atoms with E-state index in [1.807, 2.05) is 12.3 Å². The summed E-state index contributed by atoms with van der Waals surface area (Å²) in [5, 5.41) is 2.43. The van der Waals surface area contributed by atoms with E-state index in [-0.39, 0.29) is 0 Å². The molecule has 76 valence electrons. The van der Waals surface area contributed by atoms with Gasteiger partial charge in [0.15, 0.2) is 0 Å². The lowest BCUT2D eigenvalue weighted by atomic mass is 10.0. The SMILES string of the molecule is CC(C)=c1cccn/c1=C(/C)C(C)C. The second-order valence-corrected chi connectivity index (χ2v) is 4.24. The van der Waals surface area contributed by atoms with Gasteiger partial charge in [0.25, 0.3) is 0 Å². The largest absolute Gasteiger partial charge is 0.256 e. The molecule has 14 heavy (non-hydrogen) atoms. The normalized spacial score (nSPS) is 13.0. The number of nitrogens with zero attached hydrogens (tertiary/aromatic N) is 1. The van der Waals surface area contributed by atoms with Gasteiger partial charge in [0.05, 0.1) is 5.35 Å². The highest BCUT2D eigenvalue weighted by atomic mass is 14.6. The molecule has 0 aliphatic heterocycles. The molecule has 1 rings (SSSR count). The summed E-state index contributed by atoms with van der Waals surface area (Å²) >= 11 is 0. The quantitative estimate of drug-likeness (QED) is 0.659. The molecule has 0 unspecified atom stereocenters. The Kier molecular flexibility index (Phi) is 3.45. The van der Waals surface area contributed by atoms with Crippen molar-refractivity contribution < 1.29 is 0 Å². The third-order valence-electron chi connectivity index (χ3n) is 2.59. The zero-order valence-corrected chi connectivity index (χ0v) is 9.76. The van der Waals surface area contributed by atoms with Crippen molar-refractivity contribution in [2.75, 3.05) is 0 Å². The zero-order chi connectivity index (χ0) is 10.7. The van der Waals surface area contributed by atoms with Gasteiger partial charge in [0.1, 0.15) is 0 Å². The van der Waals surface area contributed by atoms with Gasteiger partial charge in [-0.3, -0.25) is 4.98 Å². The molecule has 0 radical (unpaired) electrons. The molecule has 1 heteroatoms. The first-order valence-electron chi connectivity index (χ1n) is 5.13. The van der Waals surface area contributed by atoms with E-state index >= 15 is 0 Å². The molecular formula is C13H19N. The standard InChI is InChI=1S/C13H19N/c1-9(2)11(5)13-12(10(3)4)7-6-8-14-13/h6-9H,1-5H3/b13-11-. The minimum absolute atomic E-state index is 0.558. The molecule has 0 saturated heterocycles. The Morgan fingerprint density at radius 3 is 2.36 bits per heavy atom. The first kappa shape index (κ1) is 11.0. The van der Waals surface area contributed by atoms with Gasteiger partial charge in [-0.2, -0.15) is 0 Å². The highest BCUT2D eigenvalue weighted by molar-refractivity contribution is 5.46. The molecule has 0 aliphatic carbocycles. The van der Waals surface area contributed by atoms with Gasteiger partial charge in [0, 0.05) is 6.20 Å². The highest BCUT2D eigenvalue weighted by Gasteiger charge is 1.99. The average Bonchev–Trinajstić information content (AvgIpc) is 2.16. The minimum Gasteiger partial charge on any atom is -0.256 e. The van der Waals surface area contributed by atoms with E-state index in [4.69, 9.17) is 0 Å². The van der Waals surface area contributed by atoms with Gasteiger partial charge in [-0.1, -0.05) is 25.5 Å². The van der Waals surface area contributed by atoms with E-state index in [1.54, 1.807) is 0 Å². The molecule has 0 bridgehead atoms. The van der Waals surface area contributed by atoms with Gasteiger partial charge in [-0.15, -0.1) is 0 Å². The predicted octanol–water partition coefficient (Wildman–Crippen LogP) is 2.10. The molecule has 0 fully saturated rings.